The molecule has 1 aromatic carbocycles. The molecular weight excluding hydrogens is 323 g/mol. The van der Waals surface area contributed by atoms with Gasteiger partial charge >= 0.3 is 0 Å². The Morgan fingerprint density at radius 1 is 1.36 bits per heavy atom. The third kappa shape index (κ3) is 3.85. The van der Waals surface area contributed by atoms with Gasteiger partial charge in [-0.1, -0.05) is 6.07 Å². The van der Waals surface area contributed by atoms with Crippen LogP contribution in [-0.4, -0.2) is 37.0 Å². The van der Waals surface area contributed by atoms with Crippen molar-refractivity contribution >= 4 is 5.91 Å². The highest BCUT2D eigenvalue weighted by Crippen LogP contribution is 2.28. The number of hydrogen-bond donors (Lipinski definition) is 1. The van der Waals surface area contributed by atoms with Crippen LogP contribution in [0, 0.1) is 5.82 Å². The molecule has 134 valence electrons. The number of methoxy groups -OCH3 is 1. The lowest BCUT2D eigenvalue weighted by atomic mass is 10.0. The van der Waals surface area contributed by atoms with Crippen LogP contribution in [0.4, 0.5) is 4.39 Å². The highest BCUT2D eigenvalue weighted by Gasteiger charge is 2.26. The predicted molar refractivity (Wildman–Crippen MR) is 92.1 cm³/mol. The van der Waals surface area contributed by atoms with Crippen molar-refractivity contribution in [2.45, 2.75) is 31.8 Å². The average Bonchev–Trinajstić information content (AvgIpc) is 3.16. The fourth-order valence-electron chi connectivity index (χ4n) is 3.37. The van der Waals surface area contributed by atoms with Crippen LogP contribution < -0.4 is 10.1 Å². The lowest BCUT2D eigenvalue weighted by Gasteiger charge is -2.34. The maximum absolute atomic E-state index is 14.2. The first-order valence-electron chi connectivity index (χ1n) is 8.50. The van der Waals surface area contributed by atoms with Crippen LogP contribution in [0.1, 0.15) is 41.7 Å². The molecule has 1 aromatic heterocycles. The van der Waals surface area contributed by atoms with Gasteiger partial charge < -0.3 is 19.4 Å². The van der Waals surface area contributed by atoms with E-state index in [1.165, 1.54) is 18.6 Å². The molecule has 2 heterocycles. The third-order valence-electron chi connectivity index (χ3n) is 4.70. The van der Waals surface area contributed by atoms with Crippen LogP contribution in [0.25, 0.3) is 0 Å². The molecule has 3 rings (SSSR count). The van der Waals surface area contributed by atoms with Gasteiger partial charge in [-0.2, -0.15) is 0 Å². The van der Waals surface area contributed by atoms with E-state index >= 15 is 0 Å². The number of carbonyl (C=O) groups is 1. The van der Waals surface area contributed by atoms with E-state index in [0.29, 0.717) is 30.0 Å². The van der Waals surface area contributed by atoms with Crippen molar-refractivity contribution in [2.75, 3.05) is 20.2 Å². The molecule has 0 saturated carbocycles. The van der Waals surface area contributed by atoms with Gasteiger partial charge in [0.2, 0.25) is 0 Å². The maximum atomic E-state index is 14.2. The molecule has 1 saturated heterocycles. The zero-order valence-corrected chi connectivity index (χ0v) is 14.5. The van der Waals surface area contributed by atoms with Gasteiger partial charge in [0.1, 0.15) is 17.8 Å². The van der Waals surface area contributed by atoms with Crippen LogP contribution >= 0.6 is 0 Å². The molecule has 25 heavy (non-hydrogen) atoms. The monoisotopic (exact) mass is 346 g/mol. The first-order valence-corrected chi connectivity index (χ1v) is 8.50. The van der Waals surface area contributed by atoms with E-state index in [-0.39, 0.29) is 23.8 Å². The minimum Gasteiger partial charge on any atom is -0.496 e. The summed E-state index contributed by atoms with van der Waals surface area (Å²) < 4.78 is 24.4. The van der Waals surface area contributed by atoms with E-state index in [4.69, 9.17) is 9.15 Å². The number of carbonyl (C=O) groups excluding carboxylic acids is 1. The second-order valence-corrected chi connectivity index (χ2v) is 6.32. The fraction of sp³-hybridized carbons (Fsp3) is 0.421. The lowest BCUT2D eigenvalue weighted by Crippen LogP contribution is -2.45. The van der Waals surface area contributed by atoms with Crippen LogP contribution in [-0.2, 0) is 0 Å². The Bertz CT molecular complexity index is 709. The number of hydrogen-bond acceptors (Lipinski definition) is 4. The molecule has 0 unspecified atom stereocenters. The summed E-state index contributed by atoms with van der Waals surface area (Å²) >= 11 is 0. The Labute approximate surface area is 146 Å². The lowest BCUT2D eigenvalue weighted by molar-refractivity contribution is 0.0701. The standard InChI is InChI=1S/C19H23FN2O3/c1-13(18-16(20)4-3-5-17(18)24-2)21-15-6-9-22(10-7-15)19(23)14-8-11-25-12-14/h3-5,8,11-13,15,21H,6-7,9-10H2,1-2H3/t13-/m0/s1. The zero-order valence-electron chi connectivity index (χ0n) is 14.5. The van der Waals surface area contributed by atoms with Gasteiger partial charge in [-0.15, -0.1) is 0 Å². The number of amides is 1. The van der Waals surface area contributed by atoms with Gasteiger partial charge in [-0.05, 0) is 38.0 Å². The topological polar surface area (TPSA) is 54.7 Å². The molecule has 2 aromatic rings. The number of nitrogens with zero attached hydrogens (tertiary/aromatic N) is 1. The molecule has 1 fully saturated rings. The molecule has 0 bridgehead atoms. The summed E-state index contributed by atoms with van der Waals surface area (Å²) in [5, 5.41) is 3.47. The molecule has 1 N–H and O–H groups in total. The molecule has 1 aliphatic rings. The third-order valence-corrected chi connectivity index (χ3v) is 4.70. The molecule has 0 aliphatic carbocycles. The predicted octanol–water partition coefficient (Wildman–Crippen LogP) is 3.38. The van der Waals surface area contributed by atoms with Gasteiger partial charge in [-0.25, -0.2) is 4.39 Å². The van der Waals surface area contributed by atoms with Crippen LogP contribution in [0.15, 0.2) is 41.2 Å². The Balaban J connectivity index is 1.58. The maximum Gasteiger partial charge on any atom is 0.257 e. The van der Waals surface area contributed by atoms with Crippen molar-refractivity contribution < 1.29 is 18.3 Å². The molecule has 5 nitrogen and oxygen atoms in total. The summed E-state index contributed by atoms with van der Waals surface area (Å²) in [5.41, 5.74) is 1.12. The molecule has 1 atom stereocenters. The second kappa shape index (κ2) is 7.70. The van der Waals surface area contributed by atoms with Crippen molar-refractivity contribution in [3.05, 3.63) is 53.7 Å². The summed E-state index contributed by atoms with van der Waals surface area (Å²) in [6.07, 6.45) is 4.62. The van der Waals surface area contributed by atoms with E-state index in [1.807, 2.05) is 11.8 Å². The summed E-state index contributed by atoms with van der Waals surface area (Å²) in [4.78, 5) is 14.1. The van der Waals surface area contributed by atoms with Crippen molar-refractivity contribution in [3.8, 4) is 5.75 Å². The first kappa shape index (κ1) is 17.5. The van der Waals surface area contributed by atoms with E-state index in [9.17, 15) is 9.18 Å². The fourth-order valence-corrected chi connectivity index (χ4v) is 3.37. The summed E-state index contributed by atoms with van der Waals surface area (Å²) in [5.74, 6) is 0.274. The average molecular weight is 346 g/mol. The van der Waals surface area contributed by atoms with Crippen molar-refractivity contribution in [3.63, 3.8) is 0 Å². The minimum absolute atomic E-state index is 0.00368. The normalized spacial score (nSPS) is 16.7. The summed E-state index contributed by atoms with van der Waals surface area (Å²) in [6.45, 7) is 3.27. The second-order valence-electron chi connectivity index (χ2n) is 6.32. The van der Waals surface area contributed by atoms with Gasteiger partial charge in [0.15, 0.2) is 0 Å². The van der Waals surface area contributed by atoms with Gasteiger partial charge in [0.25, 0.3) is 5.91 Å². The van der Waals surface area contributed by atoms with Crippen LogP contribution in [0.5, 0.6) is 5.75 Å². The van der Waals surface area contributed by atoms with E-state index in [0.717, 1.165) is 12.8 Å². The van der Waals surface area contributed by atoms with E-state index < -0.39 is 0 Å². The number of ether oxygens (including phenoxy) is 1. The molecule has 1 aliphatic heterocycles. The molecule has 0 radical (unpaired) electrons. The first-order chi connectivity index (χ1) is 12.1. The number of halogens is 1. The molecule has 1 amide bonds. The largest absolute Gasteiger partial charge is 0.496 e. The van der Waals surface area contributed by atoms with Gasteiger partial charge in [-0.3, -0.25) is 4.79 Å². The summed E-state index contributed by atoms with van der Waals surface area (Å²) in [7, 11) is 1.55. The van der Waals surface area contributed by atoms with Crippen molar-refractivity contribution in [1.29, 1.82) is 0 Å². The number of benzene rings is 1. The number of likely N-dealkylation sites (tertiary alicyclic amines) is 1. The molecule has 6 heteroatoms. The Kier molecular flexibility index (Phi) is 5.38. The minimum atomic E-state index is -0.271. The van der Waals surface area contributed by atoms with Gasteiger partial charge in [0, 0.05) is 30.7 Å². The summed E-state index contributed by atoms with van der Waals surface area (Å²) in [6, 6.07) is 6.60. The van der Waals surface area contributed by atoms with Gasteiger partial charge in [0.05, 0.1) is 18.9 Å². The number of rotatable bonds is 5. The van der Waals surface area contributed by atoms with E-state index in [2.05, 4.69) is 5.32 Å². The smallest absolute Gasteiger partial charge is 0.257 e. The Morgan fingerprint density at radius 2 is 2.12 bits per heavy atom. The molecule has 0 spiro atoms. The highest BCUT2D eigenvalue weighted by molar-refractivity contribution is 5.93. The quantitative estimate of drug-likeness (QED) is 0.902. The number of piperidine rings is 1. The van der Waals surface area contributed by atoms with E-state index in [1.54, 1.807) is 25.3 Å². The van der Waals surface area contributed by atoms with Crippen LogP contribution in [0.2, 0.25) is 0 Å². The highest BCUT2D eigenvalue weighted by atomic mass is 19.1. The Morgan fingerprint density at radius 3 is 2.76 bits per heavy atom. The number of furan rings is 1. The Hall–Kier alpha value is -2.34. The van der Waals surface area contributed by atoms with Crippen molar-refractivity contribution in [2.24, 2.45) is 0 Å². The van der Waals surface area contributed by atoms with Crippen LogP contribution in [0.3, 0.4) is 0 Å². The molecular formula is C19H23FN2O3. The number of nitrogens with one attached hydrogen (secondary N) is 1. The van der Waals surface area contributed by atoms with Crippen molar-refractivity contribution in [1.82, 2.24) is 10.2 Å². The SMILES string of the molecule is COc1cccc(F)c1[C@H](C)NC1CCN(C(=O)c2ccoc2)CC1. The zero-order chi connectivity index (χ0) is 17.8.